The van der Waals surface area contributed by atoms with Crippen LogP contribution in [0.15, 0.2) is 36.0 Å². The summed E-state index contributed by atoms with van der Waals surface area (Å²) in [5.74, 6) is 1.03. The number of hydrogen-bond acceptors (Lipinski definition) is 4. The Morgan fingerprint density at radius 2 is 2.39 bits per heavy atom. The van der Waals surface area contributed by atoms with E-state index in [-0.39, 0.29) is 6.10 Å². The Morgan fingerprint density at radius 1 is 1.50 bits per heavy atom. The van der Waals surface area contributed by atoms with Gasteiger partial charge in [0, 0.05) is 30.0 Å². The normalized spacial score (nSPS) is 19.3. The van der Waals surface area contributed by atoms with E-state index in [0.29, 0.717) is 6.04 Å². The van der Waals surface area contributed by atoms with Crippen LogP contribution in [0.5, 0.6) is 5.75 Å². The average Bonchev–Trinajstić information content (AvgIpc) is 3.04. The van der Waals surface area contributed by atoms with Gasteiger partial charge in [0.2, 0.25) is 0 Å². The van der Waals surface area contributed by atoms with Crippen molar-refractivity contribution in [3.05, 3.63) is 46.4 Å². The molecular weight excluding hydrogens is 244 g/mol. The molecule has 2 atom stereocenters. The maximum absolute atomic E-state index is 6.03. The van der Waals surface area contributed by atoms with Gasteiger partial charge in [0.25, 0.3) is 0 Å². The summed E-state index contributed by atoms with van der Waals surface area (Å²) in [5, 5.41) is 3.37. The number of nitrogens with zero attached hydrogens (tertiary/aromatic N) is 1. The first-order valence-corrected chi connectivity index (χ1v) is 7.04. The molecular formula is C14H16N2OS. The van der Waals surface area contributed by atoms with E-state index < -0.39 is 0 Å². The quantitative estimate of drug-likeness (QED) is 0.915. The topological polar surface area (TPSA) is 34.2 Å². The van der Waals surface area contributed by atoms with Crippen molar-refractivity contribution in [3.8, 4) is 5.75 Å². The Morgan fingerprint density at radius 3 is 3.11 bits per heavy atom. The van der Waals surface area contributed by atoms with Crippen molar-refractivity contribution in [2.75, 3.05) is 7.05 Å². The van der Waals surface area contributed by atoms with E-state index in [0.717, 1.165) is 18.6 Å². The molecule has 2 unspecified atom stereocenters. The summed E-state index contributed by atoms with van der Waals surface area (Å²) < 4.78 is 6.03. The minimum atomic E-state index is 0.217. The monoisotopic (exact) mass is 260 g/mol. The summed E-state index contributed by atoms with van der Waals surface area (Å²) >= 11 is 1.70. The van der Waals surface area contributed by atoms with Crippen LogP contribution in [0.2, 0.25) is 0 Å². The third-order valence-corrected chi connectivity index (χ3v) is 4.20. The third kappa shape index (κ3) is 2.26. The smallest absolute Gasteiger partial charge is 0.123 e. The minimum absolute atomic E-state index is 0.217. The summed E-state index contributed by atoms with van der Waals surface area (Å²) in [5.41, 5.74) is 3.19. The van der Waals surface area contributed by atoms with E-state index in [1.807, 2.05) is 24.8 Å². The van der Waals surface area contributed by atoms with Crippen LogP contribution in [-0.4, -0.2) is 24.2 Å². The van der Waals surface area contributed by atoms with Crippen LogP contribution in [0.1, 0.15) is 10.4 Å². The summed E-state index contributed by atoms with van der Waals surface area (Å²) in [7, 11) is 2.00. The van der Waals surface area contributed by atoms with Crippen molar-refractivity contribution in [2.45, 2.75) is 25.0 Å². The first-order valence-electron chi connectivity index (χ1n) is 6.16. The predicted octanol–water partition coefficient (Wildman–Crippen LogP) is 2.28. The van der Waals surface area contributed by atoms with E-state index in [4.69, 9.17) is 4.74 Å². The molecule has 0 spiro atoms. The maximum atomic E-state index is 6.03. The van der Waals surface area contributed by atoms with Gasteiger partial charge in [0.1, 0.15) is 11.9 Å². The zero-order valence-corrected chi connectivity index (χ0v) is 11.1. The van der Waals surface area contributed by atoms with Gasteiger partial charge in [-0.25, -0.2) is 0 Å². The van der Waals surface area contributed by atoms with E-state index >= 15 is 0 Å². The molecule has 0 aliphatic carbocycles. The molecule has 0 saturated heterocycles. The van der Waals surface area contributed by atoms with Gasteiger partial charge in [0.15, 0.2) is 0 Å². The van der Waals surface area contributed by atoms with Gasteiger partial charge in [-0.15, -0.1) is 11.3 Å². The van der Waals surface area contributed by atoms with Crippen molar-refractivity contribution in [1.82, 2.24) is 10.3 Å². The highest BCUT2D eigenvalue weighted by Crippen LogP contribution is 2.30. The van der Waals surface area contributed by atoms with Crippen LogP contribution in [0.3, 0.4) is 0 Å². The zero-order valence-electron chi connectivity index (χ0n) is 10.3. The molecule has 0 radical (unpaired) electrons. The van der Waals surface area contributed by atoms with Crippen LogP contribution >= 0.6 is 11.3 Å². The largest absolute Gasteiger partial charge is 0.488 e. The fourth-order valence-electron chi connectivity index (χ4n) is 2.41. The number of hydrogen-bond donors (Lipinski definition) is 1. The second-order valence-corrected chi connectivity index (χ2v) is 5.51. The number of aromatic nitrogens is 1. The molecule has 18 heavy (non-hydrogen) atoms. The van der Waals surface area contributed by atoms with Crippen LogP contribution < -0.4 is 10.1 Å². The molecule has 4 heteroatoms. The van der Waals surface area contributed by atoms with Gasteiger partial charge in [0.05, 0.1) is 5.51 Å². The van der Waals surface area contributed by atoms with Crippen molar-refractivity contribution >= 4 is 11.3 Å². The lowest BCUT2D eigenvalue weighted by Gasteiger charge is -2.22. The van der Waals surface area contributed by atoms with Crippen LogP contribution in [0, 0.1) is 0 Å². The van der Waals surface area contributed by atoms with Crippen LogP contribution in [-0.2, 0) is 12.8 Å². The number of likely N-dealkylation sites (N-methyl/N-ethyl adjacent to an activating group) is 1. The summed E-state index contributed by atoms with van der Waals surface area (Å²) in [6, 6.07) is 8.63. The molecule has 1 aliphatic rings. The predicted molar refractivity (Wildman–Crippen MR) is 73.2 cm³/mol. The second kappa shape index (κ2) is 5.08. The molecule has 1 aromatic heterocycles. The molecule has 1 aliphatic heterocycles. The third-order valence-electron chi connectivity index (χ3n) is 3.40. The molecule has 2 heterocycles. The molecule has 3 nitrogen and oxygen atoms in total. The fraction of sp³-hybridized carbons (Fsp3) is 0.357. The highest BCUT2D eigenvalue weighted by molar-refractivity contribution is 7.09. The summed E-state index contributed by atoms with van der Waals surface area (Å²) in [4.78, 5) is 5.43. The lowest BCUT2D eigenvalue weighted by atomic mass is 10.0. The Hall–Kier alpha value is -1.39. The lowest BCUT2D eigenvalue weighted by Crippen LogP contribution is -2.42. The number of ether oxygens (including phenoxy) is 1. The van der Waals surface area contributed by atoms with E-state index in [1.165, 1.54) is 10.4 Å². The Labute approximate surface area is 111 Å². The molecule has 0 fully saturated rings. The van der Waals surface area contributed by atoms with E-state index in [2.05, 4.69) is 28.5 Å². The average molecular weight is 260 g/mol. The van der Waals surface area contributed by atoms with Gasteiger partial charge in [-0.1, -0.05) is 18.2 Å². The minimum Gasteiger partial charge on any atom is -0.488 e. The number of nitrogens with one attached hydrogen (secondary N) is 1. The van der Waals surface area contributed by atoms with Gasteiger partial charge in [-0.3, -0.25) is 4.98 Å². The Balaban J connectivity index is 1.71. The number of rotatable bonds is 4. The molecule has 0 saturated carbocycles. The van der Waals surface area contributed by atoms with Crippen molar-refractivity contribution in [2.24, 2.45) is 0 Å². The van der Waals surface area contributed by atoms with Crippen LogP contribution in [0.4, 0.5) is 0 Å². The number of thiazole rings is 1. The Kier molecular flexibility index (Phi) is 3.30. The van der Waals surface area contributed by atoms with Crippen molar-refractivity contribution in [3.63, 3.8) is 0 Å². The van der Waals surface area contributed by atoms with Gasteiger partial charge in [-0.2, -0.15) is 0 Å². The second-order valence-electron chi connectivity index (χ2n) is 4.54. The molecule has 3 rings (SSSR count). The van der Waals surface area contributed by atoms with E-state index in [9.17, 15) is 0 Å². The SMILES string of the molecule is CNC(Cc1cncs1)C1Cc2ccccc2O1. The van der Waals surface area contributed by atoms with Gasteiger partial charge >= 0.3 is 0 Å². The van der Waals surface area contributed by atoms with Crippen molar-refractivity contribution < 1.29 is 4.74 Å². The number of para-hydroxylation sites is 1. The zero-order chi connectivity index (χ0) is 12.4. The Bertz CT molecular complexity index is 485. The molecule has 0 amide bonds. The summed E-state index contributed by atoms with van der Waals surface area (Å²) in [6.45, 7) is 0. The van der Waals surface area contributed by atoms with Gasteiger partial charge in [-0.05, 0) is 18.7 Å². The molecule has 2 aromatic rings. The summed E-state index contributed by atoms with van der Waals surface area (Å²) in [6.07, 6.45) is 4.12. The highest BCUT2D eigenvalue weighted by atomic mass is 32.1. The molecule has 1 N–H and O–H groups in total. The molecule has 1 aromatic carbocycles. The fourth-order valence-corrected chi connectivity index (χ4v) is 3.07. The standard InChI is InChI=1S/C14H16N2OS/c1-15-12(7-11-8-16-9-18-11)14-6-10-4-2-3-5-13(10)17-14/h2-5,8-9,12,14-15H,6-7H2,1H3. The van der Waals surface area contributed by atoms with E-state index in [1.54, 1.807) is 11.3 Å². The molecule has 94 valence electrons. The van der Waals surface area contributed by atoms with Gasteiger partial charge < -0.3 is 10.1 Å². The van der Waals surface area contributed by atoms with Crippen molar-refractivity contribution in [1.29, 1.82) is 0 Å². The lowest BCUT2D eigenvalue weighted by molar-refractivity contribution is 0.182. The number of benzene rings is 1. The molecule has 0 bridgehead atoms. The first kappa shape index (κ1) is 11.7. The number of fused-ring (bicyclic) bond motifs is 1. The maximum Gasteiger partial charge on any atom is 0.123 e. The highest BCUT2D eigenvalue weighted by Gasteiger charge is 2.29. The first-order chi connectivity index (χ1) is 8.86. The van der Waals surface area contributed by atoms with Crippen LogP contribution in [0.25, 0.3) is 0 Å².